The quantitative estimate of drug-likeness (QED) is 0.842. The molecule has 2 rings (SSSR count). The van der Waals surface area contributed by atoms with Crippen molar-refractivity contribution in [2.24, 2.45) is 5.92 Å². The van der Waals surface area contributed by atoms with Crippen molar-refractivity contribution < 1.29 is 4.79 Å². The molecule has 0 aliphatic heterocycles. The lowest BCUT2D eigenvalue weighted by Gasteiger charge is -2.10. The van der Waals surface area contributed by atoms with Crippen LogP contribution in [0.4, 0.5) is 0 Å². The third kappa shape index (κ3) is 3.88. The molecule has 6 nitrogen and oxygen atoms in total. The monoisotopic (exact) mass is 287 g/mol. The summed E-state index contributed by atoms with van der Waals surface area (Å²) < 4.78 is 1.64. The zero-order chi connectivity index (χ0) is 15.2. The van der Waals surface area contributed by atoms with Gasteiger partial charge in [-0.05, 0) is 24.6 Å². The Morgan fingerprint density at radius 2 is 2.19 bits per heavy atom. The van der Waals surface area contributed by atoms with Gasteiger partial charge in [-0.15, -0.1) is 0 Å². The first-order chi connectivity index (χ1) is 10.1. The van der Waals surface area contributed by atoms with Crippen molar-refractivity contribution in [3.63, 3.8) is 0 Å². The largest absolute Gasteiger partial charge is 0.354 e. The number of aromatic nitrogens is 3. The Hall–Kier alpha value is -2.21. The number of carbonyl (C=O) groups excluding carboxylic acids is 1. The molecule has 0 aromatic carbocycles. The van der Waals surface area contributed by atoms with Gasteiger partial charge in [0.2, 0.25) is 0 Å². The second kappa shape index (κ2) is 6.99. The lowest BCUT2D eigenvalue weighted by Crippen LogP contribution is -2.21. The van der Waals surface area contributed by atoms with Crippen LogP contribution in [0.2, 0.25) is 0 Å². The normalized spacial score (nSPS) is 10.9. The molecule has 0 spiro atoms. The average Bonchev–Trinajstić information content (AvgIpc) is 2.96. The van der Waals surface area contributed by atoms with Gasteiger partial charge in [-0.2, -0.15) is 5.10 Å². The van der Waals surface area contributed by atoms with E-state index in [0.717, 1.165) is 24.5 Å². The molecule has 0 saturated carbocycles. The molecule has 0 atom stereocenters. The van der Waals surface area contributed by atoms with Crippen molar-refractivity contribution in [2.75, 3.05) is 13.6 Å². The predicted octanol–water partition coefficient (Wildman–Crippen LogP) is 1.37. The van der Waals surface area contributed by atoms with Crippen LogP contribution in [-0.2, 0) is 6.54 Å². The molecule has 2 aromatic rings. The Morgan fingerprint density at radius 3 is 2.90 bits per heavy atom. The van der Waals surface area contributed by atoms with Gasteiger partial charge in [0.1, 0.15) is 0 Å². The van der Waals surface area contributed by atoms with Gasteiger partial charge in [-0.3, -0.25) is 4.79 Å². The second-order valence-electron chi connectivity index (χ2n) is 5.24. The van der Waals surface area contributed by atoms with Gasteiger partial charge in [0.05, 0.1) is 0 Å². The van der Waals surface area contributed by atoms with E-state index in [4.69, 9.17) is 0 Å². The highest BCUT2D eigenvalue weighted by atomic mass is 16.1. The standard InChI is InChI=1S/C15H21N5O/c1-11(2)9-17-10-12-5-4-7-18-14(12)20-8-6-13(19-20)15(21)16-3/h4-8,11,17H,9-10H2,1-3H3,(H,16,21). The van der Waals surface area contributed by atoms with Crippen molar-refractivity contribution in [3.05, 3.63) is 41.9 Å². The van der Waals surface area contributed by atoms with Gasteiger partial charge < -0.3 is 10.6 Å². The summed E-state index contributed by atoms with van der Waals surface area (Å²) >= 11 is 0. The first kappa shape index (κ1) is 15.2. The molecule has 21 heavy (non-hydrogen) atoms. The van der Waals surface area contributed by atoms with Gasteiger partial charge in [0.15, 0.2) is 11.5 Å². The molecule has 0 aliphatic carbocycles. The number of nitrogens with zero attached hydrogens (tertiary/aromatic N) is 3. The van der Waals surface area contributed by atoms with E-state index in [9.17, 15) is 4.79 Å². The molecule has 112 valence electrons. The van der Waals surface area contributed by atoms with Crippen LogP contribution in [0.5, 0.6) is 0 Å². The minimum Gasteiger partial charge on any atom is -0.354 e. The number of carbonyl (C=O) groups is 1. The van der Waals surface area contributed by atoms with Crippen LogP contribution in [0.3, 0.4) is 0 Å². The fourth-order valence-corrected chi connectivity index (χ4v) is 1.96. The Balaban J connectivity index is 2.19. The molecule has 0 bridgehead atoms. The van der Waals surface area contributed by atoms with Crippen LogP contribution < -0.4 is 10.6 Å². The lowest BCUT2D eigenvalue weighted by molar-refractivity contribution is 0.0957. The summed E-state index contributed by atoms with van der Waals surface area (Å²) in [4.78, 5) is 15.9. The van der Waals surface area contributed by atoms with Crippen LogP contribution in [-0.4, -0.2) is 34.3 Å². The van der Waals surface area contributed by atoms with E-state index >= 15 is 0 Å². The summed E-state index contributed by atoms with van der Waals surface area (Å²) in [5.74, 6) is 1.13. The third-order valence-corrected chi connectivity index (χ3v) is 3.00. The van der Waals surface area contributed by atoms with Crippen LogP contribution in [0.1, 0.15) is 29.9 Å². The average molecular weight is 287 g/mol. The van der Waals surface area contributed by atoms with Crippen molar-refractivity contribution in [2.45, 2.75) is 20.4 Å². The van der Waals surface area contributed by atoms with Gasteiger partial charge in [0, 0.05) is 31.5 Å². The third-order valence-electron chi connectivity index (χ3n) is 3.00. The highest BCUT2D eigenvalue weighted by Gasteiger charge is 2.11. The predicted molar refractivity (Wildman–Crippen MR) is 81.3 cm³/mol. The van der Waals surface area contributed by atoms with Crippen LogP contribution in [0.25, 0.3) is 5.82 Å². The fraction of sp³-hybridized carbons (Fsp3) is 0.400. The molecule has 2 aromatic heterocycles. The zero-order valence-electron chi connectivity index (χ0n) is 12.6. The highest BCUT2D eigenvalue weighted by molar-refractivity contribution is 5.91. The Kier molecular flexibility index (Phi) is 5.05. The van der Waals surface area contributed by atoms with Crippen LogP contribution in [0, 0.1) is 5.92 Å². The Bertz CT molecular complexity index is 606. The first-order valence-electron chi connectivity index (χ1n) is 7.04. The van der Waals surface area contributed by atoms with E-state index in [0.29, 0.717) is 11.6 Å². The van der Waals surface area contributed by atoms with E-state index < -0.39 is 0 Å². The maximum atomic E-state index is 11.6. The second-order valence-corrected chi connectivity index (χ2v) is 5.24. The van der Waals surface area contributed by atoms with Gasteiger partial charge in [-0.1, -0.05) is 19.9 Å². The van der Waals surface area contributed by atoms with E-state index in [-0.39, 0.29) is 5.91 Å². The van der Waals surface area contributed by atoms with Crippen LogP contribution in [0.15, 0.2) is 30.6 Å². The molecule has 1 amide bonds. The van der Waals surface area contributed by atoms with Crippen molar-refractivity contribution in [1.82, 2.24) is 25.4 Å². The molecule has 2 N–H and O–H groups in total. The minimum atomic E-state index is -0.204. The fourth-order valence-electron chi connectivity index (χ4n) is 1.96. The smallest absolute Gasteiger partial charge is 0.271 e. The Labute approximate surface area is 124 Å². The maximum Gasteiger partial charge on any atom is 0.271 e. The Morgan fingerprint density at radius 1 is 1.38 bits per heavy atom. The molecule has 0 aliphatic rings. The number of amides is 1. The summed E-state index contributed by atoms with van der Waals surface area (Å²) in [6, 6.07) is 5.59. The van der Waals surface area contributed by atoms with E-state index in [1.54, 1.807) is 30.2 Å². The molecule has 0 saturated heterocycles. The number of hydrogen-bond donors (Lipinski definition) is 2. The number of rotatable bonds is 6. The summed E-state index contributed by atoms with van der Waals surface area (Å²) in [7, 11) is 1.59. The van der Waals surface area contributed by atoms with Crippen LogP contribution >= 0.6 is 0 Å². The van der Waals surface area contributed by atoms with Gasteiger partial charge in [0.25, 0.3) is 5.91 Å². The highest BCUT2D eigenvalue weighted by Crippen LogP contribution is 2.11. The topological polar surface area (TPSA) is 71.8 Å². The first-order valence-corrected chi connectivity index (χ1v) is 7.04. The summed E-state index contributed by atoms with van der Waals surface area (Å²) in [6.07, 6.45) is 3.47. The van der Waals surface area contributed by atoms with Crippen molar-refractivity contribution in [3.8, 4) is 5.82 Å². The van der Waals surface area contributed by atoms with E-state index in [1.165, 1.54) is 0 Å². The summed E-state index contributed by atoms with van der Waals surface area (Å²) in [6.45, 7) is 5.99. The summed E-state index contributed by atoms with van der Waals surface area (Å²) in [5, 5.41) is 10.2. The van der Waals surface area contributed by atoms with E-state index in [1.807, 2.05) is 12.1 Å². The molecular weight excluding hydrogens is 266 g/mol. The molecular formula is C15H21N5O. The molecule has 0 radical (unpaired) electrons. The number of pyridine rings is 1. The SMILES string of the molecule is CNC(=O)c1ccn(-c2ncccc2CNCC(C)C)n1. The zero-order valence-corrected chi connectivity index (χ0v) is 12.6. The minimum absolute atomic E-state index is 0.204. The lowest BCUT2D eigenvalue weighted by atomic mass is 10.2. The van der Waals surface area contributed by atoms with Gasteiger partial charge in [-0.25, -0.2) is 9.67 Å². The van der Waals surface area contributed by atoms with Gasteiger partial charge >= 0.3 is 0 Å². The van der Waals surface area contributed by atoms with E-state index in [2.05, 4.69) is 34.6 Å². The number of nitrogens with one attached hydrogen (secondary N) is 2. The molecule has 0 fully saturated rings. The van der Waals surface area contributed by atoms with Crippen molar-refractivity contribution in [1.29, 1.82) is 0 Å². The molecule has 0 unspecified atom stereocenters. The molecule has 6 heteroatoms. The van der Waals surface area contributed by atoms with Crippen molar-refractivity contribution >= 4 is 5.91 Å². The number of hydrogen-bond acceptors (Lipinski definition) is 4. The maximum absolute atomic E-state index is 11.6. The summed E-state index contributed by atoms with van der Waals surface area (Å²) in [5.41, 5.74) is 1.42. The molecule has 2 heterocycles.